The first kappa shape index (κ1) is 15.0. The number of carbonyl (C=O) groups is 2. The Morgan fingerprint density at radius 3 is 2.17 bits per heavy atom. The van der Waals surface area contributed by atoms with Gasteiger partial charge in [-0.1, -0.05) is 40.0 Å². The number of carbonyl (C=O) groups excluding carboxylic acids is 2. The Hall–Kier alpha value is -1.06. The van der Waals surface area contributed by atoms with E-state index in [0.717, 1.165) is 19.3 Å². The lowest BCUT2D eigenvalue weighted by atomic mass is 9.81. The Bertz CT molecular complexity index is 311. The highest BCUT2D eigenvalue weighted by Gasteiger charge is 2.42. The average molecular weight is 255 g/mol. The van der Waals surface area contributed by atoms with Gasteiger partial charge in [0, 0.05) is 6.42 Å². The third-order valence-electron chi connectivity index (χ3n) is 3.35. The summed E-state index contributed by atoms with van der Waals surface area (Å²) in [7, 11) is 1.38. The van der Waals surface area contributed by atoms with Crippen molar-refractivity contribution in [2.24, 2.45) is 5.41 Å². The number of hydrogen-bond acceptors (Lipinski definition) is 3. The fourth-order valence-corrected chi connectivity index (χ4v) is 2.52. The zero-order chi connectivity index (χ0) is 13.8. The monoisotopic (exact) mass is 255 g/mol. The summed E-state index contributed by atoms with van der Waals surface area (Å²) in [5.41, 5.74) is -0.856. The predicted octanol–water partition coefficient (Wildman–Crippen LogP) is 2.41. The Labute approximate surface area is 109 Å². The fraction of sp³-hybridized carbons (Fsp3) is 0.857. The summed E-state index contributed by atoms with van der Waals surface area (Å²) in [5, 5.41) is 2.93. The number of ether oxygens (including phenoxy) is 1. The van der Waals surface area contributed by atoms with E-state index in [1.807, 2.05) is 20.8 Å². The van der Waals surface area contributed by atoms with Crippen molar-refractivity contribution in [3.63, 3.8) is 0 Å². The van der Waals surface area contributed by atoms with Crippen molar-refractivity contribution in [3.8, 4) is 0 Å². The van der Waals surface area contributed by atoms with Crippen LogP contribution < -0.4 is 5.32 Å². The molecule has 0 saturated heterocycles. The Kier molecular flexibility index (Phi) is 4.77. The molecule has 1 aliphatic carbocycles. The van der Waals surface area contributed by atoms with Gasteiger partial charge in [-0.3, -0.25) is 4.79 Å². The van der Waals surface area contributed by atoms with Gasteiger partial charge in [0.25, 0.3) is 0 Å². The van der Waals surface area contributed by atoms with E-state index >= 15 is 0 Å². The van der Waals surface area contributed by atoms with Crippen molar-refractivity contribution in [2.45, 2.75) is 64.8 Å². The number of nitrogens with one attached hydrogen (secondary N) is 1. The highest BCUT2D eigenvalue weighted by Crippen LogP contribution is 2.30. The van der Waals surface area contributed by atoms with E-state index in [4.69, 9.17) is 4.74 Å². The van der Waals surface area contributed by atoms with Gasteiger partial charge in [0.2, 0.25) is 5.91 Å². The molecule has 0 spiro atoms. The van der Waals surface area contributed by atoms with Crippen LogP contribution in [0, 0.1) is 5.41 Å². The first-order valence-electron chi connectivity index (χ1n) is 6.68. The second-order valence-corrected chi connectivity index (χ2v) is 6.42. The van der Waals surface area contributed by atoms with Gasteiger partial charge in [0.05, 0.1) is 7.11 Å². The van der Waals surface area contributed by atoms with Crippen LogP contribution in [-0.2, 0) is 14.3 Å². The van der Waals surface area contributed by atoms with Gasteiger partial charge in [0.1, 0.15) is 5.54 Å². The minimum absolute atomic E-state index is 0.0604. The summed E-state index contributed by atoms with van der Waals surface area (Å²) >= 11 is 0. The predicted molar refractivity (Wildman–Crippen MR) is 70.0 cm³/mol. The lowest BCUT2D eigenvalue weighted by molar-refractivity contribution is -0.153. The van der Waals surface area contributed by atoms with Crippen molar-refractivity contribution < 1.29 is 14.3 Å². The maximum absolute atomic E-state index is 12.0. The van der Waals surface area contributed by atoms with Crippen LogP contribution in [0.5, 0.6) is 0 Å². The van der Waals surface area contributed by atoms with Gasteiger partial charge in [-0.05, 0) is 18.3 Å². The molecule has 0 atom stereocenters. The number of amides is 1. The minimum Gasteiger partial charge on any atom is -0.467 e. The lowest BCUT2D eigenvalue weighted by Gasteiger charge is -2.36. The SMILES string of the molecule is COC(=O)C1(NC(=O)CC(C)(C)C)CCCCC1. The minimum atomic E-state index is -0.782. The summed E-state index contributed by atoms with van der Waals surface area (Å²) in [4.78, 5) is 24.0. The molecule has 0 heterocycles. The quantitative estimate of drug-likeness (QED) is 0.788. The third kappa shape index (κ3) is 4.00. The topological polar surface area (TPSA) is 55.4 Å². The molecule has 0 aromatic rings. The summed E-state index contributed by atoms with van der Waals surface area (Å²) in [6, 6.07) is 0. The van der Waals surface area contributed by atoms with Crippen molar-refractivity contribution in [1.29, 1.82) is 0 Å². The van der Waals surface area contributed by atoms with E-state index in [2.05, 4.69) is 5.32 Å². The zero-order valence-electron chi connectivity index (χ0n) is 12.0. The maximum atomic E-state index is 12.0. The molecule has 4 heteroatoms. The fourth-order valence-electron chi connectivity index (χ4n) is 2.52. The van der Waals surface area contributed by atoms with Crippen LogP contribution in [-0.4, -0.2) is 24.5 Å². The standard InChI is InChI=1S/C14H25NO3/c1-13(2,3)10-11(16)15-14(12(17)18-4)8-6-5-7-9-14/h5-10H2,1-4H3,(H,15,16). The van der Waals surface area contributed by atoms with Crippen molar-refractivity contribution in [2.75, 3.05) is 7.11 Å². The van der Waals surface area contributed by atoms with Gasteiger partial charge in [-0.15, -0.1) is 0 Å². The highest BCUT2D eigenvalue weighted by atomic mass is 16.5. The van der Waals surface area contributed by atoms with Gasteiger partial charge in [0.15, 0.2) is 0 Å². The first-order chi connectivity index (χ1) is 8.29. The Morgan fingerprint density at radius 1 is 1.17 bits per heavy atom. The van der Waals surface area contributed by atoms with Gasteiger partial charge >= 0.3 is 5.97 Å². The van der Waals surface area contributed by atoms with Crippen LogP contribution in [0.2, 0.25) is 0 Å². The van der Waals surface area contributed by atoms with Crippen LogP contribution in [0.25, 0.3) is 0 Å². The molecule has 1 aliphatic rings. The van der Waals surface area contributed by atoms with Crippen molar-refractivity contribution in [1.82, 2.24) is 5.32 Å². The molecular formula is C14H25NO3. The van der Waals surface area contributed by atoms with Crippen LogP contribution in [0.15, 0.2) is 0 Å². The van der Waals surface area contributed by atoms with Crippen LogP contribution in [0.3, 0.4) is 0 Å². The number of rotatable bonds is 3. The highest BCUT2D eigenvalue weighted by molar-refractivity contribution is 5.88. The zero-order valence-corrected chi connectivity index (χ0v) is 12.0. The molecule has 0 bridgehead atoms. The summed E-state index contributed by atoms with van der Waals surface area (Å²) < 4.78 is 4.87. The molecule has 1 fully saturated rings. The Balaban J connectivity index is 2.73. The smallest absolute Gasteiger partial charge is 0.331 e. The van der Waals surface area contributed by atoms with E-state index in [9.17, 15) is 9.59 Å². The molecule has 1 N–H and O–H groups in total. The normalized spacial score (nSPS) is 19.1. The van der Waals surface area contributed by atoms with Crippen molar-refractivity contribution >= 4 is 11.9 Å². The van der Waals surface area contributed by atoms with E-state index in [0.29, 0.717) is 19.3 Å². The molecule has 0 aliphatic heterocycles. The second-order valence-electron chi connectivity index (χ2n) is 6.42. The van der Waals surface area contributed by atoms with Crippen molar-refractivity contribution in [3.05, 3.63) is 0 Å². The average Bonchev–Trinajstić information content (AvgIpc) is 2.26. The van der Waals surface area contributed by atoms with E-state index in [1.165, 1.54) is 7.11 Å². The van der Waals surface area contributed by atoms with Gasteiger partial charge in [-0.25, -0.2) is 4.79 Å². The van der Waals surface area contributed by atoms with Crippen LogP contribution in [0.1, 0.15) is 59.3 Å². The van der Waals surface area contributed by atoms with E-state index in [-0.39, 0.29) is 17.3 Å². The summed E-state index contributed by atoms with van der Waals surface area (Å²) in [6.45, 7) is 6.04. The molecule has 1 saturated carbocycles. The first-order valence-corrected chi connectivity index (χ1v) is 6.68. The number of methoxy groups -OCH3 is 1. The van der Waals surface area contributed by atoms with E-state index < -0.39 is 5.54 Å². The lowest BCUT2D eigenvalue weighted by Crippen LogP contribution is -2.56. The molecule has 104 valence electrons. The molecule has 0 unspecified atom stereocenters. The molecule has 18 heavy (non-hydrogen) atoms. The van der Waals surface area contributed by atoms with Gasteiger partial charge in [-0.2, -0.15) is 0 Å². The molecule has 0 aromatic heterocycles. The summed E-state index contributed by atoms with van der Waals surface area (Å²) in [5.74, 6) is -0.362. The second kappa shape index (κ2) is 5.72. The molecular weight excluding hydrogens is 230 g/mol. The number of esters is 1. The molecule has 0 radical (unpaired) electrons. The van der Waals surface area contributed by atoms with Gasteiger partial charge < -0.3 is 10.1 Å². The number of hydrogen-bond donors (Lipinski definition) is 1. The largest absolute Gasteiger partial charge is 0.467 e. The summed E-state index contributed by atoms with van der Waals surface area (Å²) in [6.07, 6.45) is 4.85. The molecule has 0 aromatic carbocycles. The van der Waals surface area contributed by atoms with Crippen LogP contribution in [0.4, 0.5) is 0 Å². The molecule has 1 rings (SSSR count). The maximum Gasteiger partial charge on any atom is 0.331 e. The molecule has 4 nitrogen and oxygen atoms in total. The molecule has 1 amide bonds. The Morgan fingerprint density at radius 2 is 1.72 bits per heavy atom. The third-order valence-corrected chi connectivity index (χ3v) is 3.35. The van der Waals surface area contributed by atoms with Crippen LogP contribution >= 0.6 is 0 Å². The van der Waals surface area contributed by atoms with E-state index in [1.54, 1.807) is 0 Å².